The van der Waals surface area contributed by atoms with Crippen molar-refractivity contribution in [2.45, 2.75) is 19.9 Å². The molecule has 0 saturated carbocycles. The fourth-order valence-corrected chi connectivity index (χ4v) is 0.588. The second-order valence-electron chi connectivity index (χ2n) is 2.50. The first-order valence-electron chi connectivity index (χ1n) is 3.61. The van der Waals surface area contributed by atoms with Crippen molar-refractivity contribution in [2.75, 3.05) is 0 Å². The maximum absolute atomic E-state index is 3.99. The lowest BCUT2D eigenvalue weighted by Gasteiger charge is -1.92. The van der Waals surface area contributed by atoms with Crippen molar-refractivity contribution in [3.8, 4) is 0 Å². The minimum Gasteiger partial charge on any atom is -0.236 e. The minimum atomic E-state index is 0.233. The van der Waals surface area contributed by atoms with E-state index < -0.39 is 0 Å². The van der Waals surface area contributed by atoms with Crippen LogP contribution >= 0.6 is 0 Å². The topological polar surface area (TPSA) is 37.6 Å². The van der Waals surface area contributed by atoms with Gasteiger partial charge in [-0.05, 0) is 26.0 Å². The zero-order chi connectivity index (χ0) is 8.10. The lowest BCUT2D eigenvalue weighted by atomic mass is 10.4. The number of pyridine rings is 1. The van der Waals surface area contributed by atoms with Gasteiger partial charge < -0.3 is 0 Å². The molecule has 0 aliphatic heterocycles. The second-order valence-corrected chi connectivity index (χ2v) is 2.50. The summed E-state index contributed by atoms with van der Waals surface area (Å²) in [5.41, 5.74) is 0. The first kappa shape index (κ1) is 7.85. The molecule has 0 bridgehead atoms. The zero-order valence-corrected chi connectivity index (χ0v) is 6.73. The Bertz CT molecular complexity index is 228. The molecule has 0 aliphatic rings. The predicted molar refractivity (Wildman–Crippen MR) is 43.9 cm³/mol. The molecule has 0 fully saturated rings. The number of hydrogen-bond acceptors (Lipinski definition) is 3. The summed E-state index contributed by atoms with van der Waals surface area (Å²) in [4.78, 5) is 3.99. The normalized spacial score (nSPS) is 11.2. The number of aromatic nitrogens is 1. The highest BCUT2D eigenvalue weighted by Gasteiger charge is 1.88. The molecule has 0 N–H and O–H groups in total. The summed E-state index contributed by atoms with van der Waals surface area (Å²) in [5, 5.41) is 7.88. The number of azo groups is 1. The molecule has 3 heteroatoms. The first-order valence-corrected chi connectivity index (χ1v) is 3.61. The summed E-state index contributed by atoms with van der Waals surface area (Å²) >= 11 is 0. The van der Waals surface area contributed by atoms with E-state index in [1.165, 1.54) is 0 Å². The molecular weight excluding hydrogens is 138 g/mol. The molecular formula is C8H11N3. The Morgan fingerprint density at radius 1 is 1.36 bits per heavy atom. The zero-order valence-electron chi connectivity index (χ0n) is 6.73. The standard InChI is InChI=1S/C8H11N3/c1-7(2)10-11-8-5-3-4-6-9-8/h3-7H,1-2H3/b11-10+. The SMILES string of the molecule is CC(C)/N=N/c1ccccn1. The monoisotopic (exact) mass is 149 g/mol. The van der Waals surface area contributed by atoms with Crippen molar-refractivity contribution >= 4 is 5.82 Å². The summed E-state index contributed by atoms with van der Waals surface area (Å²) in [6, 6.07) is 5.80. The van der Waals surface area contributed by atoms with Gasteiger partial charge in [-0.25, -0.2) is 4.98 Å². The molecule has 0 aliphatic carbocycles. The second kappa shape index (κ2) is 3.81. The Hall–Kier alpha value is -1.25. The van der Waals surface area contributed by atoms with Crippen molar-refractivity contribution < 1.29 is 0 Å². The molecule has 1 aromatic heterocycles. The molecule has 0 saturated heterocycles. The average Bonchev–Trinajstić information content (AvgIpc) is 2.03. The van der Waals surface area contributed by atoms with Crippen LogP contribution in [0.3, 0.4) is 0 Å². The van der Waals surface area contributed by atoms with E-state index in [4.69, 9.17) is 0 Å². The van der Waals surface area contributed by atoms with Crippen LogP contribution in [0.15, 0.2) is 34.6 Å². The quantitative estimate of drug-likeness (QED) is 0.595. The van der Waals surface area contributed by atoms with Crippen LogP contribution in [0.4, 0.5) is 5.82 Å². The van der Waals surface area contributed by atoms with Crippen LogP contribution in [0.5, 0.6) is 0 Å². The van der Waals surface area contributed by atoms with Crippen molar-refractivity contribution in [1.82, 2.24) is 4.98 Å². The van der Waals surface area contributed by atoms with Gasteiger partial charge in [-0.15, -0.1) is 5.11 Å². The van der Waals surface area contributed by atoms with E-state index in [-0.39, 0.29) is 6.04 Å². The van der Waals surface area contributed by atoms with Crippen LogP contribution in [0.1, 0.15) is 13.8 Å². The average molecular weight is 149 g/mol. The van der Waals surface area contributed by atoms with Gasteiger partial charge in [0, 0.05) is 6.20 Å². The summed E-state index contributed by atoms with van der Waals surface area (Å²) in [6.07, 6.45) is 1.70. The highest BCUT2D eigenvalue weighted by molar-refractivity contribution is 5.23. The van der Waals surface area contributed by atoms with Crippen molar-refractivity contribution in [3.05, 3.63) is 24.4 Å². The third kappa shape index (κ3) is 2.89. The van der Waals surface area contributed by atoms with Gasteiger partial charge in [-0.3, -0.25) is 0 Å². The van der Waals surface area contributed by atoms with Crippen LogP contribution in [-0.4, -0.2) is 11.0 Å². The molecule has 3 nitrogen and oxygen atoms in total. The van der Waals surface area contributed by atoms with Crippen LogP contribution in [0, 0.1) is 0 Å². The van der Waals surface area contributed by atoms with E-state index in [1.807, 2.05) is 32.0 Å². The van der Waals surface area contributed by atoms with Gasteiger partial charge in [0.2, 0.25) is 0 Å². The Balaban J connectivity index is 2.65. The molecule has 58 valence electrons. The molecule has 0 radical (unpaired) electrons. The smallest absolute Gasteiger partial charge is 0.173 e. The Morgan fingerprint density at radius 2 is 2.18 bits per heavy atom. The highest BCUT2D eigenvalue weighted by Crippen LogP contribution is 2.06. The maximum Gasteiger partial charge on any atom is 0.173 e. The third-order valence-electron chi connectivity index (χ3n) is 1.04. The molecule has 0 spiro atoms. The fraction of sp³-hybridized carbons (Fsp3) is 0.375. The number of nitrogens with zero attached hydrogens (tertiary/aromatic N) is 3. The molecule has 1 heterocycles. The van der Waals surface area contributed by atoms with E-state index >= 15 is 0 Å². The fourth-order valence-electron chi connectivity index (χ4n) is 0.588. The van der Waals surface area contributed by atoms with E-state index in [2.05, 4.69) is 15.2 Å². The summed E-state index contributed by atoms with van der Waals surface area (Å²) in [7, 11) is 0. The molecule has 0 atom stereocenters. The van der Waals surface area contributed by atoms with Crippen LogP contribution < -0.4 is 0 Å². The van der Waals surface area contributed by atoms with Crippen molar-refractivity contribution in [2.24, 2.45) is 10.2 Å². The van der Waals surface area contributed by atoms with E-state index in [0.29, 0.717) is 5.82 Å². The van der Waals surface area contributed by atoms with Gasteiger partial charge in [0.25, 0.3) is 0 Å². The van der Waals surface area contributed by atoms with Crippen molar-refractivity contribution in [3.63, 3.8) is 0 Å². The van der Waals surface area contributed by atoms with Crippen LogP contribution in [-0.2, 0) is 0 Å². The van der Waals surface area contributed by atoms with Gasteiger partial charge in [0.05, 0.1) is 6.04 Å². The van der Waals surface area contributed by atoms with Crippen LogP contribution in [0.25, 0.3) is 0 Å². The predicted octanol–water partition coefficient (Wildman–Crippen LogP) is 2.57. The maximum atomic E-state index is 3.99. The summed E-state index contributed by atoms with van der Waals surface area (Å²) in [5.74, 6) is 0.668. The largest absolute Gasteiger partial charge is 0.236 e. The highest BCUT2D eigenvalue weighted by atomic mass is 15.1. The van der Waals surface area contributed by atoms with Gasteiger partial charge in [0.1, 0.15) is 0 Å². The number of rotatable bonds is 2. The molecule has 0 unspecified atom stereocenters. The first-order chi connectivity index (χ1) is 5.29. The van der Waals surface area contributed by atoms with Crippen LogP contribution in [0.2, 0.25) is 0 Å². The van der Waals surface area contributed by atoms with Gasteiger partial charge in [-0.2, -0.15) is 5.11 Å². The molecule has 1 rings (SSSR count). The Kier molecular flexibility index (Phi) is 2.72. The van der Waals surface area contributed by atoms with Gasteiger partial charge in [-0.1, -0.05) is 6.07 Å². The summed E-state index contributed by atoms with van der Waals surface area (Å²) in [6.45, 7) is 3.96. The minimum absolute atomic E-state index is 0.233. The Morgan fingerprint density at radius 3 is 2.73 bits per heavy atom. The van der Waals surface area contributed by atoms with E-state index in [1.54, 1.807) is 6.20 Å². The van der Waals surface area contributed by atoms with E-state index in [0.717, 1.165) is 0 Å². The molecule has 11 heavy (non-hydrogen) atoms. The Labute approximate surface area is 66.2 Å². The lowest BCUT2D eigenvalue weighted by molar-refractivity contribution is 0.775. The van der Waals surface area contributed by atoms with Gasteiger partial charge >= 0.3 is 0 Å². The van der Waals surface area contributed by atoms with E-state index in [9.17, 15) is 0 Å². The molecule has 1 aromatic rings. The van der Waals surface area contributed by atoms with Crippen molar-refractivity contribution in [1.29, 1.82) is 0 Å². The summed E-state index contributed by atoms with van der Waals surface area (Å²) < 4.78 is 0. The number of hydrogen-bond donors (Lipinski definition) is 0. The lowest BCUT2D eigenvalue weighted by Crippen LogP contribution is -1.84. The molecule has 0 aromatic carbocycles. The van der Waals surface area contributed by atoms with Gasteiger partial charge in [0.15, 0.2) is 5.82 Å². The third-order valence-corrected chi connectivity index (χ3v) is 1.04. The molecule has 0 amide bonds.